The molecule has 0 aromatic heterocycles. The normalized spacial score (nSPS) is 12.3. The zero-order valence-corrected chi connectivity index (χ0v) is 11.6. The van der Waals surface area contributed by atoms with Crippen molar-refractivity contribution in [3.05, 3.63) is 63.6 Å². The van der Waals surface area contributed by atoms with E-state index in [1.54, 1.807) is 6.07 Å². The first-order valence-electron chi connectivity index (χ1n) is 5.49. The topological polar surface area (TPSA) is 29.5 Å². The van der Waals surface area contributed by atoms with Gasteiger partial charge in [0, 0.05) is 0 Å². The molecule has 0 fully saturated rings. The van der Waals surface area contributed by atoms with Gasteiger partial charge >= 0.3 is 0 Å². The summed E-state index contributed by atoms with van der Waals surface area (Å²) in [6, 6.07) is 8.34. The maximum absolute atomic E-state index is 13.6. The van der Waals surface area contributed by atoms with Crippen LogP contribution in [-0.2, 0) is 0 Å². The first kappa shape index (κ1) is 14.0. The van der Waals surface area contributed by atoms with Crippen LogP contribution in [0.15, 0.2) is 40.9 Å². The van der Waals surface area contributed by atoms with Gasteiger partial charge < -0.3 is 9.84 Å². The summed E-state index contributed by atoms with van der Waals surface area (Å²) in [6.07, 6.45) is -1.03. The molecule has 5 heteroatoms. The lowest BCUT2D eigenvalue weighted by Crippen LogP contribution is -2.01. The van der Waals surface area contributed by atoms with Gasteiger partial charge in [-0.25, -0.2) is 8.78 Å². The number of aliphatic hydroxyl groups is 1. The number of hydrogen-bond acceptors (Lipinski definition) is 2. The third-order valence-corrected chi connectivity index (χ3v) is 3.36. The highest BCUT2D eigenvalue weighted by molar-refractivity contribution is 9.10. The third-order valence-electron chi connectivity index (χ3n) is 2.75. The van der Waals surface area contributed by atoms with E-state index in [9.17, 15) is 13.9 Å². The highest BCUT2D eigenvalue weighted by Crippen LogP contribution is 2.28. The van der Waals surface area contributed by atoms with Crippen molar-refractivity contribution in [2.24, 2.45) is 0 Å². The fourth-order valence-electron chi connectivity index (χ4n) is 1.73. The summed E-state index contributed by atoms with van der Waals surface area (Å²) in [5.74, 6) is -0.867. The van der Waals surface area contributed by atoms with Crippen molar-refractivity contribution in [1.29, 1.82) is 0 Å². The van der Waals surface area contributed by atoms with Crippen molar-refractivity contribution < 1.29 is 18.6 Å². The Labute approximate surface area is 117 Å². The van der Waals surface area contributed by atoms with E-state index in [2.05, 4.69) is 15.9 Å². The van der Waals surface area contributed by atoms with Gasteiger partial charge in [0.15, 0.2) is 11.6 Å². The van der Waals surface area contributed by atoms with Crippen LogP contribution in [-0.4, -0.2) is 12.2 Å². The van der Waals surface area contributed by atoms with Gasteiger partial charge in [0.2, 0.25) is 0 Å². The van der Waals surface area contributed by atoms with Crippen molar-refractivity contribution in [3.8, 4) is 5.75 Å². The van der Waals surface area contributed by atoms with Crippen LogP contribution >= 0.6 is 15.9 Å². The zero-order valence-electron chi connectivity index (χ0n) is 10.0. The van der Waals surface area contributed by atoms with Gasteiger partial charge in [-0.1, -0.05) is 12.1 Å². The van der Waals surface area contributed by atoms with Gasteiger partial charge in [-0.15, -0.1) is 0 Å². The Hall–Kier alpha value is -1.46. The predicted octanol–water partition coefficient (Wildman–Crippen LogP) is 3.82. The largest absolute Gasteiger partial charge is 0.494 e. The smallest absolute Gasteiger partial charge is 0.165 e. The molecule has 0 aliphatic rings. The summed E-state index contributed by atoms with van der Waals surface area (Å²) >= 11 is 3.04. The Kier molecular flexibility index (Phi) is 4.17. The average molecular weight is 329 g/mol. The molecule has 0 amide bonds. The predicted molar refractivity (Wildman–Crippen MR) is 71.1 cm³/mol. The van der Waals surface area contributed by atoms with E-state index in [0.717, 1.165) is 0 Å². The summed E-state index contributed by atoms with van der Waals surface area (Å²) in [5, 5.41) is 10.1. The molecule has 2 aromatic rings. The molecule has 0 saturated heterocycles. The fourth-order valence-corrected chi connectivity index (χ4v) is 2.12. The first-order chi connectivity index (χ1) is 9.02. The van der Waals surface area contributed by atoms with Gasteiger partial charge in [-0.3, -0.25) is 0 Å². The second kappa shape index (κ2) is 5.67. The minimum Gasteiger partial charge on any atom is -0.494 e. The molecule has 1 N–H and O–H groups in total. The van der Waals surface area contributed by atoms with Crippen LogP contribution in [0, 0.1) is 11.6 Å². The minimum absolute atomic E-state index is 0.108. The lowest BCUT2D eigenvalue weighted by atomic mass is 10.0. The standard InChI is InChI=1S/C14H11BrF2O2/c1-19-13-5-3-9(7-12(13)17)14(18)8-2-4-11(16)10(15)6-8/h2-7,14,18H,1H3. The molecule has 0 radical (unpaired) electrons. The van der Waals surface area contributed by atoms with Crippen LogP contribution < -0.4 is 4.74 Å². The highest BCUT2D eigenvalue weighted by atomic mass is 79.9. The molecule has 0 spiro atoms. The SMILES string of the molecule is COc1ccc(C(O)c2ccc(F)c(Br)c2)cc1F. The molecule has 2 aromatic carbocycles. The lowest BCUT2D eigenvalue weighted by molar-refractivity contribution is 0.219. The second-order valence-electron chi connectivity index (χ2n) is 3.97. The van der Waals surface area contributed by atoms with Crippen LogP contribution in [0.4, 0.5) is 8.78 Å². The Balaban J connectivity index is 2.35. The van der Waals surface area contributed by atoms with E-state index in [1.807, 2.05) is 0 Å². The third kappa shape index (κ3) is 2.93. The molecule has 0 saturated carbocycles. The minimum atomic E-state index is -1.03. The quantitative estimate of drug-likeness (QED) is 0.928. The molecule has 1 atom stereocenters. The number of benzene rings is 2. The Morgan fingerprint density at radius 2 is 1.68 bits per heavy atom. The molecular formula is C14H11BrF2O2. The van der Waals surface area contributed by atoms with Gasteiger partial charge in [0.05, 0.1) is 11.6 Å². The summed E-state index contributed by atoms with van der Waals surface area (Å²) in [4.78, 5) is 0. The summed E-state index contributed by atoms with van der Waals surface area (Å²) in [5.41, 5.74) is 0.842. The second-order valence-corrected chi connectivity index (χ2v) is 4.82. The summed E-state index contributed by atoms with van der Waals surface area (Å²) < 4.78 is 31.7. The monoisotopic (exact) mass is 328 g/mol. The molecule has 0 bridgehead atoms. The number of methoxy groups -OCH3 is 1. The number of aliphatic hydroxyl groups excluding tert-OH is 1. The van der Waals surface area contributed by atoms with E-state index in [-0.39, 0.29) is 10.2 Å². The van der Waals surface area contributed by atoms with Crippen molar-refractivity contribution in [2.45, 2.75) is 6.10 Å². The van der Waals surface area contributed by atoms with E-state index in [0.29, 0.717) is 11.1 Å². The molecule has 0 aliphatic carbocycles. The van der Waals surface area contributed by atoms with Crippen LogP contribution in [0.25, 0.3) is 0 Å². The van der Waals surface area contributed by atoms with E-state index in [1.165, 1.54) is 37.4 Å². The van der Waals surface area contributed by atoms with Gasteiger partial charge in [0.25, 0.3) is 0 Å². The number of rotatable bonds is 3. The fraction of sp³-hybridized carbons (Fsp3) is 0.143. The maximum Gasteiger partial charge on any atom is 0.165 e. The molecule has 0 heterocycles. The molecular weight excluding hydrogens is 318 g/mol. The van der Waals surface area contributed by atoms with Crippen molar-refractivity contribution in [1.82, 2.24) is 0 Å². The molecule has 2 rings (SSSR count). The Morgan fingerprint density at radius 1 is 1.05 bits per heavy atom. The lowest BCUT2D eigenvalue weighted by Gasteiger charge is -2.13. The van der Waals surface area contributed by atoms with Crippen LogP contribution in [0.1, 0.15) is 17.2 Å². The number of halogens is 3. The van der Waals surface area contributed by atoms with E-state index in [4.69, 9.17) is 4.74 Å². The molecule has 2 nitrogen and oxygen atoms in total. The highest BCUT2D eigenvalue weighted by Gasteiger charge is 2.14. The van der Waals surface area contributed by atoms with Crippen LogP contribution in [0.5, 0.6) is 5.75 Å². The Bertz CT molecular complexity index is 602. The first-order valence-corrected chi connectivity index (χ1v) is 6.28. The van der Waals surface area contributed by atoms with Gasteiger partial charge in [0.1, 0.15) is 11.9 Å². The molecule has 100 valence electrons. The number of ether oxygens (including phenoxy) is 1. The van der Waals surface area contributed by atoms with E-state index < -0.39 is 17.7 Å². The summed E-state index contributed by atoms with van der Waals surface area (Å²) in [6.45, 7) is 0. The molecule has 19 heavy (non-hydrogen) atoms. The van der Waals surface area contributed by atoms with Crippen molar-refractivity contribution in [2.75, 3.05) is 7.11 Å². The number of hydrogen-bond donors (Lipinski definition) is 1. The van der Waals surface area contributed by atoms with E-state index >= 15 is 0 Å². The van der Waals surface area contributed by atoms with Crippen LogP contribution in [0.3, 0.4) is 0 Å². The Morgan fingerprint density at radius 3 is 2.26 bits per heavy atom. The van der Waals surface area contributed by atoms with Crippen LogP contribution in [0.2, 0.25) is 0 Å². The average Bonchev–Trinajstić information content (AvgIpc) is 2.41. The zero-order chi connectivity index (χ0) is 14.0. The summed E-state index contributed by atoms with van der Waals surface area (Å²) in [7, 11) is 1.37. The maximum atomic E-state index is 13.6. The van der Waals surface area contributed by atoms with Crippen molar-refractivity contribution in [3.63, 3.8) is 0 Å². The molecule has 0 aliphatic heterocycles. The van der Waals surface area contributed by atoms with Gasteiger partial charge in [-0.05, 0) is 51.3 Å². The molecule has 1 unspecified atom stereocenters. The van der Waals surface area contributed by atoms with Crippen molar-refractivity contribution >= 4 is 15.9 Å². The van der Waals surface area contributed by atoms with Gasteiger partial charge in [-0.2, -0.15) is 0 Å².